The van der Waals surface area contributed by atoms with Crippen LogP contribution in [-0.2, 0) is 19.2 Å². The predicted molar refractivity (Wildman–Crippen MR) is 128 cm³/mol. The van der Waals surface area contributed by atoms with E-state index in [1.807, 2.05) is 6.26 Å². The van der Waals surface area contributed by atoms with Crippen molar-refractivity contribution in [2.24, 2.45) is 17.4 Å². The second-order valence-corrected chi connectivity index (χ2v) is 9.16. The molecule has 0 bridgehead atoms. The number of aliphatic carboxylic acids is 1. The van der Waals surface area contributed by atoms with E-state index in [1.54, 1.807) is 13.8 Å². The summed E-state index contributed by atoms with van der Waals surface area (Å²) in [6, 6.07) is -4.33. The van der Waals surface area contributed by atoms with E-state index in [0.717, 1.165) is 6.42 Å². The van der Waals surface area contributed by atoms with Crippen molar-refractivity contribution >= 4 is 35.5 Å². The van der Waals surface area contributed by atoms with Crippen LogP contribution >= 0.6 is 11.8 Å². The topological polar surface area (TPSA) is 197 Å². The average Bonchev–Trinajstić information content (AvgIpc) is 2.76. The van der Waals surface area contributed by atoms with Crippen molar-refractivity contribution in [2.45, 2.75) is 83.1 Å². The van der Waals surface area contributed by atoms with Crippen molar-refractivity contribution in [3.05, 3.63) is 0 Å². The third kappa shape index (κ3) is 11.7. The van der Waals surface area contributed by atoms with Gasteiger partial charge in [-0.25, -0.2) is 4.79 Å². The molecule has 33 heavy (non-hydrogen) atoms. The monoisotopic (exact) mass is 491 g/mol. The van der Waals surface area contributed by atoms with Crippen LogP contribution in [0.4, 0.5) is 0 Å². The number of nitrogens with two attached hydrogens (primary N) is 2. The number of nitrogens with one attached hydrogen (secondary N) is 3. The second-order valence-electron chi connectivity index (χ2n) is 8.17. The summed E-state index contributed by atoms with van der Waals surface area (Å²) in [5.74, 6) is -2.98. The number of carbonyl (C=O) groups excluding carboxylic acids is 3. The molecule has 0 aromatic carbocycles. The van der Waals surface area contributed by atoms with E-state index >= 15 is 0 Å². The van der Waals surface area contributed by atoms with Gasteiger partial charge in [0.2, 0.25) is 17.7 Å². The Hall–Kier alpha value is -1.89. The maximum atomic E-state index is 12.9. The predicted octanol–water partition coefficient (Wildman–Crippen LogP) is -0.838. The number of hydrogen-bond acceptors (Lipinski definition) is 8. The maximum absolute atomic E-state index is 12.9. The normalized spacial score (nSPS) is 16.6. The molecule has 12 heteroatoms. The highest BCUT2D eigenvalue weighted by Crippen LogP contribution is 2.09. The fourth-order valence-electron chi connectivity index (χ4n) is 3.01. The van der Waals surface area contributed by atoms with Crippen LogP contribution in [0.2, 0.25) is 0 Å². The summed E-state index contributed by atoms with van der Waals surface area (Å²) >= 11 is 1.48. The Labute approximate surface area is 200 Å². The van der Waals surface area contributed by atoms with Crippen molar-refractivity contribution in [2.75, 3.05) is 18.6 Å². The summed E-state index contributed by atoms with van der Waals surface area (Å²) in [6.45, 7) is 5.28. The van der Waals surface area contributed by atoms with Crippen LogP contribution in [0.1, 0.15) is 52.9 Å². The Morgan fingerprint density at radius 1 is 0.939 bits per heavy atom. The zero-order valence-corrected chi connectivity index (χ0v) is 20.8. The second kappa shape index (κ2) is 16.7. The highest BCUT2D eigenvalue weighted by molar-refractivity contribution is 7.98. The first kappa shape index (κ1) is 31.1. The molecule has 0 fully saturated rings. The number of thioether (sulfide) groups is 1. The zero-order valence-electron chi connectivity index (χ0n) is 20.0. The molecule has 0 saturated carbocycles. The largest absolute Gasteiger partial charge is 0.480 e. The zero-order chi connectivity index (χ0) is 25.6. The molecule has 0 aliphatic carbocycles. The van der Waals surface area contributed by atoms with E-state index in [2.05, 4.69) is 16.0 Å². The minimum Gasteiger partial charge on any atom is -0.480 e. The number of carboxylic acids is 1. The van der Waals surface area contributed by atoms with Crippen molar-refractivity contribution in [1.29, 1.82) is 0 Å². The van der Waals surface area contributed by atoms with Crippen LogP contribution in [0, 0.1) is 5.92 Å². The first-order chi connectivity index (χ1) is 15.5. The van der Waals surface area contributed by atoms with Gasteiger partial charge in [-0.05, 0) is 50.7 Å². The van der Waals surface area contributed by atoms with E-state index < -0.39 is 54.0 Å². The quantitative estimate of drug-likeness (QED) is 0.127. The lowest BCUT2D eigenvalue weighted by Gasteiger charge is -2.27. The van der Waals surface area contributed by atoms with Crippen LogP contribution in [0.25, 0.3) is 0 Å². The molecule has 0 aromatic rings. The fraction of sp³-hybridized carbons (Fsp3) is 0.810. The minimum absolute atomic E-state index is 0.285. The van der Waals surface area contributed by atoms with Crippen LogP contribution < -0.4 is 27.4 Å². The molecule has 0 aliphatic rings. The van der Waals surface area contributed by atoms with Gasteiger partial charge in [0.05, 0.1) is 12.1 Å². The molecular formula is C21H41N5O6S. The van der Waals surface area contributed by atoms with Gasteiger partial charge in [0.1, 0.15) is 18.1 Å². The lowest BCUT2D eigenvalue weighted by molar-refractivity contribution is -0.144. The summed E-state index contributed by atoms with van der Waals surface area (Å²) < 4.78 is 0. The smallest absolute Gasteiger partial charge is 0.326 e. The number of aliphatic hydroxyl groups is 1. The molecular weight excluding hydrogens is 450 g/mol. The van der Waals surface area contributed by atoms with Gasteiger partial charge in [0.15, 0.2) is 0 Å². The van der Waals surface area contributed by atoms with Crippen molar-refractivity contribution in [1.82, 2.24) is 16.0 Å². The van der Waals surface area contributed by atoms with Crippen LogP contribution in [0.15, 0.2) is 0 Å². The van der Waals surface area contributed by atoms with E-state index in [4.69, 9.17) is 11.5 Å². The standard InChI is InChI=1S/C21H41N5O6S/c1-5-12(2)16(21(31)32)25-20(30)17(13(3)27)26-19(29)15(9-11-33-4)24-18(28)14(23)8-6-7-10-22/h12-17,27H,5-11,22-23H2,1-4H3,(H,24,28)(H,25,30)(H,26,29)(H,31,32). The SMILES string of the molecule is CCC(C)C(NC(=O)C(NC(=O)C(CCSC)NC(=O)C(N)CCCCN)C(C)O)C(=O)O. The van der Waals surface area contributed by atoms with Gasteiger partial charge < -0.3 is 37.6 Å². The van der Waals surface area contributed by atoms with Gasteiger partial charge in [-0.15, -0.1) is 0 Å². The summed E-state index contributed by atoms with van der Waals surface area (Å²) in [5, 5.41) is 26.9. The average molecular weight is 492 g/mol. The Morgan fingerprint density at radius 3 is 2.03 bits per heavy atom. The lowest BCUT2D eigenvalue weighted by atomic mass is 9.98. The summed E-state index contributed by atoms with van der Waals surface area (Å²) in [6.07, 6.45) is 3.18. The molecule has 3 amide bonds. The minimum atomic E-state index is -1.39. The first-order valence-electron chi connectivity index (χ1n) is 11.3. The third-order valence-electron chi connectivity index (χ3n) is 5.39. The lowest BCUT2D eigenvalue weighted by Crippen LogP contribution is -2.60. The van der Waals surface area contributed by atoms with Crippen LogP contribution in [0.5, 0.6) is 0 Å². The number of aliphatic hydroxyl groups excluding tert-OH is 1. The van der Waals surface area contributed by atoms with Crippen molar-refractivity contribution in [3.8, 4) is 0 Å². The Balaban J connectivity index is 5.34. The molecule has 0 heterocycles. The molecule has 192 valence electrons. The van der Waals surface area contributed by atoms with Gasteiger partial charge >= 0.3 is 5.97 Å². The molecule has 0 spiro atoms. The maximum Gasteiger partial charge on any atom is 0.326 e. The van der Waals surface area contributed by atoms with Gasteiger partial charge in [0.25, 0.3) is 0 Å². The molecule has 0 radical (unpaired) electrons. The summed E-state index contributed by atoms with van der Waals surface area (Å²) in [5.41, 5.74) is 11.4. The Bertz CT molecular complexity index is 636. The number of unbranched alkanes of at least 4 members (excludes halogenated alkanes) is 1. The molecule has 0 aliphatic heterocycles. The summed E-state index contributed by atoms with van der Waals surface area (Å²) in [7, 11) is 0. The van der Waals surface area contributed by atoms with E-state index in [0.29, 0.717) is 31.6 Å². The third-order valence-corrected chi connectivity index (χ3v) is 6.03. The number of carboxylic acid groups (broad SMARTS) is 1. The fourth-order valence-corrected chi connectivity index (χ4v) is 3.48. The Morgan fingerprint density at radius 2 is 1.55 bits per heavy atom. The van der Waals surface area contributed by atoms with Gasteiger partial charge in [0, 0.05) is 0 Å². The van der Waals surface area contributed by atoms with Crippen LogP contribution in [-0.4, -0.2) is 82.7 Å². The molecule has 0 aromatic heterocycles. The number of rotatable bonds is 17. The van der Waals surface area contributed by atoms with E-state index in [9.17, 15) is 29.4 Å². The first-order valence-corrected chi connectivity index (χ1v) is 12.7. The van der Waals surface area contributed by atoms with Gasteiger partial charge in [-0.1, -0.05) is 26.7 Å². The highest BCUT2D eigenvalue weighted by atomic mass is 32.2. The number of carbonyl (C=O) groups is 4. The van der Waals surface area contributed by atoms with Crippen molar-refractivity contribution < 1.29 is 29.4 Å². The molecule has 0 saturated heterocycles. The number of amides is 3. The van der Waals surface area contributed by atoms with E-state index in [-0.39, 0.29) is 12.3 Å². The van der Waals surface area contributed by atoms with Crippen molar-refractivity contribution in [3.63, 3.8) is 0 Å². The summed E-state index contributed by atoms with van der Waals surface area (Å²) in [4.78, 5) is 49.6. The van der Waals surface area contributed by atoms with E-state index in [1.165, 1.54) is 18.7 Å². The molecule has 11 nitrogen and oxygen atoms in total. The molecule has 0 rings (SSSR count). The Kier molecular flexibility index (Phi) is 15.7. The van der Waals surface area contributed by atoms with Gasteiger partial charge in [-0.3, -0.25) is 14.4 Å². The molecule has 6 unspecified atom stereocenters. The highest BCUT2D eigenvalue weighted by Gasteiger charge is 2.33. The van der Waals surface area contributed by atoms with Gasteiger partial charge in [-0.2, -0.15) is 11.8 Å². The van der Waals surface area contributed by atoms with Crippen LogP contribution in [0.3, 0.4) is 0 Å². The molecule has 6 atom stereocenters. The molecule has 9 N–H and O–H groups in total. The number of hydrogen-bond donors (Lipinski definition) is 7.